The van der Waals surface area contributed by atoms with Crippen molar-refractivity contribution in [3.05, 3.63) is 11.3 Å². The minimum atomic E-state index is 0.556. The average Bonchev–Trinajstić information content (AvgIpc) is 2.64. The molecule has 5 heteroatoms. The van der Waals surface area contributed by atoms with E-state index in [0.29, 0.717) is 6.04 Å². The number of hydrogen-bond donors (Lipinski definition) is 0. The van der Waals surface area contributed by atoms with Gasteiger partial charge in [-0.15, -0.1) is 0 Å². The Morgan fingerprint density at radius 1 is 1.39 bits per heavy atom. The number of aryl methyl sites for hydroxylation is 2. The van der Waals surface area contributed by atoms with Crippen molar-refractivity contribution in [1.82, 2.24) is 14.7 Å². The number of aromatic nitrogens is 2. The summed E-state index contributed by atoms with van der Waals surface area (Å²) in [5, 5.41) is 13.6. The Morgan fingerprint density at radius 3 is 2.72 bits per heavy atom. The monoisotopic (exact) mass is 247 g/mol. The van der Waals surface area contributed by atoms with Crippen molar-refractivity contribution < 1.29 is 0 Å². The first-order chi connectivity index (χ1) is 8.58. The minimum Gasteiger partial charge on any atom is -0.353 e. The molecule has 0 aliphatic carbocycles. The van der Waals surface area contributed by atoms with Gasteiger partial charge < -0.3 is 4.90 Å². The van der Waals surface area contributed by atoms with Crippen LogP contribution in [0.3, 0.4) is 0 Å². The maximum absolute atomic E-state index is 9.28. The van der Waals surface area contributed by atoms with E-state index in [0.717, 1.165) is 43.1 Å². The molecule has 2 rings (SSSR count). The maximum Gasteiger partial charge on any atom is 0.145 e. The van der Waals surface area contributed by atoms with Crippen molar-refractivity contribution in [2.75, 3.05) is 31.6 Å². The molecule has 0 spiro atoms. The van der Waals surface area contributed by atoms with Gasteiger partial charge in [0.05, 0.1) is 5.69 Å². The SMILES string of the molecule is CCC1CN(c2c(C#N)c(C)nn2C)CCN1C. The first kappa shape index (κ1) is 12.9. The lowest BCUT2D eigenvalue weighted by molar-refractivity contribution is 0.212. The van der Waals surface area contributed by atoms with E-state index in [1.165, 1.54) is 0 Å². The molecule has 1 unspecified atom stereocenters. The molecule has 0 bridgehead atoms. The van der Waals surface area contributed by atoms with Gasteiger partial charge in [-0.1, -0.05) is 6.92 Å². The molecule has 0 amide bonds. The largest absolute Gasteiger partial charge is 0.353 e. The standard InChI is InChI=1S/C13H21N5/c1-5-11-9-18(7-6-16(11)3)13-12(8-14)10(2)15-17(13)4/h11H,5-7,9H2,1-4H3. The van der Waals surface area contributed by atoms with Gasteiger partial charge in [-0.25, -0.2) is 0 Å². The molecular formula is C13H21N5. The van der Waals surface area contributed by atoms with Crippen LogP contribution in [-0.4, -0.2) is 47.4 Å². The van der Waals surface area contributed by atoms with Crippen molar-refractivity contribution >= 4 is 5.82 Å². The zero-order chi connectivity index (χ0) is 13.3. The average molecular weight is 247 g/mol. The molecule has 1 atom stereocenters. The Kier molecular flexibility index (Phi) is 3.58. The third-order valence-corrected chi connectivity index (χ3v) is 3.85. The van der Waals surface area contributed by atoms with Gasteiger partial charge in [0, 0.05) is 32.7 Å². The second kappa shape index (κ2) is 4.99. The van der Waals surface area contributed by atoms with Crippen molar-refractivity contribution in [3.63, 3.8) is 0 Å². The van der Waals surface area contributed by atoms with E-state index in [9.17, 15) is 5.26 Å². The Morgan fingerprint density at radius 2 is 2.11 bits per heavy atom. The molecule has 1 aliphatic heterocycles. The predicted molar refractivity (Wildman–Crippen MR) is 71.6 cm³/mol. The fourth-order valence-electron chi connectivity index (χ4n) is 2.72. The first-order valence-corrected chi connectivity index (χ1v) is 6.47. The van der Waals surface area contributed by atoms with Crippen LogP contribution in [0.25, 0.3) is 0 Å². The summed E-state index contributed by atoms with van der Waals surface area (Å²) in [7, 11) is 4.09. The fraction of sp³-hybridized carbons (Fsp3) is 0.692. The smallest absolute Gasteiger partial charge is 0.145 e. The summed E-state index contributed by atoms with van der Waals surface area (Å²) in [6.45, 7) is 7.08. The van der Waals surface area contributed by atoms with Gasteiger partial charge in [0.25, 0.3) is 0 Å². The van der Waals surface area contributed by atoms with E-state index >= 15 is 0 Å². The lowest BCUT2D eigenvalue weighted by Crippen LogP contribution is -2.51. The van der Waals surface area contributed by atoms with Gasteiger partial charge in [-0.05, 0) is 20.4 Å². The first-order valence-electron chi connectivity index (χ1n) is 6.47. The number of piperazine rings is 1. The van der Waals surface area contributed by atoms with Crippen molar-refractivity contribution in [2.45, 2.75) is 26.3 Å². The summed E-state index contributed by atoms with van der Waals surface area (Å²) in [6, 6.07) is 2.84. The van der Waals surface area contributed by atoms with Crippen LogP contribution in [-0.2, 0) is 7.05 Å². The van der Waals surface area contributed by atoms with Gasteiger partial charge in [0.1, 0.15) is 17.5 Å². The van der Waals surface area contributed by atoms with Gasteiger partial charge in [0.15, 0.2) is 0 Å². The molecule has 1 aromatic heterocycles. The number of nitriles is 1. The molecule has 2 heterocycles. The number of hydrogen-bond acceptors (Lipinski definition) is 4. The van der Waals surface area contributed by atoms with E-state index in [4.69, 9.17) is 0 Å². The third-order valence-electron chi connectivity index (χ3n) is 3.85. The number of likely N-dealkylation sites (N-methyl/N-ethyl adjacent to an activating group) is 1. The lowest BCUT2D eigenvalue weighted by Gasteiger charge is -2.40. The zero-order valence-electron chi connectivity index (χ0n) is 11.6. The van der Waals surface area contributed by atoms with Crippen LogP contribution in [0.4, 0.5) is 5.82 Å². The minimum absolute atomic E-state index is 0.556. The molecule has 98 valence electrons. The maximum atomic E-state index is 9.28. The molecule has 0 aromatic carbocycles. The number of rotatable bonds is 2. The van der Waals surface area contributed by atoms with Crippen LogP contribution in [0.1, 0.15) is 24.6 Å². The Hall–Kier alpha value is -1.54. The van der Waals surface area contributed by atoms with Crippen LogP contribution >= 0.6 is 0 Å². The molecule has 0 saturated carbocycles. The molecule has 0 radical (unpaired) electrons. The van der Waals surface area contributed by atoms with E-state index in [-0.39, 0.29) is 0 Å². The van der Waals surface area contributed by atoms with Crippen LogP contribution in [0.2, 0.25) is 0 Å². The molecule has 5 nitrogen and oxygen atoms in total. The van der Waals surface area contributed by atoms with Gasteiger partial charge >= 0.3 is 0 Å². The highest BCUT2D eigenvalue weighted by atomic mass is 15.4. The van der Waals surface area contributed by atoms with Crippen LogP contribution in [0.15, 0.2) is 0 Å². The van der Waals surface area contributed by atoms with Crippen LogP contribution < -0.4 is 4.90 Å². The van der Waals surface area contributed by atoms with Crippen molar-refractivity contribution in [2.24, 2.45) is 7.05 Å². The summed E-state index contributed by atoms with van der Waals surface area (Å²) >= 11 is 0. The van der Waals surface area contributed by atoms with E-state index in [1.807, 2.05) is 18.7 Å². The van der Waals surface area contributed by atoms with Crippen molar-refractivity contribution in [1.29, 1.82) is 5.26 Å². The van der Waals surface area contributed by atoms with Crippen LogP contribution in [0.5, 0.6) is 0 Å². The molecule has 1 aromatic rings. The predicted octanol–water partition coefficient (Wildman–Crippen LogP) is 1.13. The Labute approximate surface area is 109 Å². The second-order valence-corrected chi connectivity index (χ2v) is 5.01. The Bertz CT molecular complexity index is 470. The van der Waals surface area contributed by atoms with E-state index < -0.39 is 0 Å². The summed E-state index contributed by atoms with van der Waals surface area (Å²) in [5.41, 5.74) is 1.54. The summed E-state index contributed by atoms with van der Waals surface area (Å²) < 4.78 is 1.84. The van der Waals surface area contributed by atoms with Gasteiger partial charge in [-0.3, -0.25) is 9.58 Å². The summed E-state index contributed by atoms with van der Waals surface area (Å²) in [6.07, 6.45) is 1.13. The quantitative estimate of drug-likeness (QED) is 0.786. The topological polar surface area (TPSA) is 48.1 Å². The molecule has 1 aliphatic rings. The third kappa shape index (κ3) is 2.08. The van der Waals surface area contributed by atoms with Gasteiger partial charge in [0.2, 0.25) is 0 Å². The molecular weight excluding hydrogens is 226 g/mol. The second-order valence-electron chi connectivity index (χ2n) is 5.01. The fourth-order valence-corrected chi connectivity index (χ4v) is 2.72. The van der Waals surface area contributed by atoms with Gasteiger partial charge in [-0.2, -0.15) is 10.4 Å². The lowest BCUT2D eigenvalue weighted by atomic mass is 10.1. The summed E-state index contributed by atoms with van der Waals surface area (Å²) in [5.74, 6) is 0.974. The summed E-state index contributed by atoms with van der Waals surface area (Å²) in [4.78, 5) is 4.69. The number of anilines is 1. The highest BCUT2D eigenvalue weighted by molar-refractivity contribution is 5.57. The molecule has 18 heavy (non-hydrogen) atoms. The van der Waals surface area contributed by atoms with Crippen LogP contribution in [0, 0.1) is 18.3 Å². The molecule has 1 saturated heterocycles. The zero-order valence-corrected chi connectivity index (χ0v) is 11.6. The highest BCUT2D eigenvalue weighted by Gasteiger charge is 2.27. The Balaban J connectivity index is 2.30. The van der Waals surface area contributed by atoms with E-state index in [2.05, 4.69) is 34.9 Å². The number of nitrogens with zero attached hydrogens (tertiary/aromatic N) is 5. The van der Waals surface area contributed by atoms with Crippen molar-refractivity contribution in [3.8, 4) is 6.07 Å². The normalized spacial score (nSPS) is 21.1. The highest BCUT2D eigenvalue weighted by Crippen LogP contribution is 2.25. The van der Waals surface area contributed by atoms with E-state index in [1.54, 1.807) is 0 Å². The molecule has 0 N–H and O–H groups in total. The molecule has 1 fully saturated rings.